The largest absolute Gasteiger partial charge is 0.305 e. The zero-order chi connectivity index (χ0) is 21.3. The molecule has 4 rings (SSSR count). The van der Waals surface area contributed by atoms with Crippen molar-refractivity contribution in [2.24, 2.45) is 0 Å². The molecule has 9 heteroatoms. The molecule has 1 aromatic heterocycles. The van der Waals surface area contributed by atoms with E-state index < -0.39 is 5.91 Å². The molecule has 0 radical (unpaired) electrons. The highest BCUT2D eigenvalue weighted by Crippen LogP contribution is 2.33. The lowest BCUT2D eigenvalue weighted by atomic mass is 10.0. The molecule has 150 valence electrons. The van der Waals surface area contributed by atoms with E-state index in [1.165, 1.54) is 24.3 Å². The lowest BCUT2D eigenvalue weighted by Crippen LogP contribution is -2.19. The number of carbonyl (C=O) groups excluding carboxylic acids is 2. The quantitative estimate of drug-likeness (QED) is 0.267. The Morgan fingerprint density at radius 1 is 0.900 bits per heavy atom. The van der Waals surface area contributed by atoms with Gasteiger partial charge in [-0.25, -0.2) is 5.48 Å². The van der Waals surface area contributed by atoms with Gasteiger partial charge in [0.25, 0.3) is 11.8 Å². The van der Waals surface area contributed by atoms with Gasteiger partial charge < -0.3 is 5.32 Å². The number of anilines is 1. The minimum Gasteiger partial charge on any atom is -0.305 e. The van der Waals surface area contributed by atoms with Gasteiger partial charge >= 0.3 is 0 Å². The predicted octanol–water partition coefficient (Wildman–Crippen LogP) is 4.91. The first kappa shape index (κ1) is 19.9. The number of H-pyrrole nitrogens is 1. The standard InChI is InChI=1S/C21H14Cl2N4O3/c22-14-6-8-17(23)16(10-14)13-5-7-15-18(9-13)25-26-19(15)24-20(28)11-1-3-12(4-2-11)21(29)27-30/h1-10,30H,(H,27,29)(H2,24,25,26,28). The molecular formula is C21H14Cl2N4O3. The van der Waals surface area contributed by atoms with Gasteiger partial charge in [-0.05, 0) is 60.2 Å². The number of aromatic amines is 1. The molecule has 0 spiro atoms. The van der Waals surface area contributed by atoms with Crippen LogP contribution in [0, 0.1) is 0 Å². The summed E-state index contributed by atoms with van der Waals surface area (Å²) in [7, 11) is 0. The monoisotopic (exact) mass is 440 g/mol. The van der Waals surface area contributed by atoms with Crippen molar-refractivity contribution in [2.75, 3.05) is 5.32 Å². The maximum Gasteiger partial charge on any atom is 0.274 e. The molecule has 0 saturated carbocycles. The average Bonchev–Trinajstić information content (AvgIpc) is 3.16. The molecule has 4 N–H and O–H groups in total. The minimum atomic E-state index is -0.657. The number of nitrogens with zero attached hydrogens (tertiary/aromatic N) is 1. The summed E-state index contributed by atoms with van der Waals surface area (Å²) in [6, 6.07) is 16.6. The number of hydrogen-bond donors (Lipinski definition) is 4. The summed E-state index contributed by atoms with van der Waals surface area (Å²) in [5.74, 6) is -0.673. The van der Waals surface area contributed by atoms with Gasteiger partial charge in [0.05, 0.1) is 5.52 Å². The van der Waals surface area contributed by atoms with Crippen LogP contribution in [0.1, 0.15) is 20.7 Å². The van der Waals surface area contributed by atoms with Crippen molar-refractivity contribution in [1.29, 1.82) is 0 Å². The molecule has 1 heterocycles. The third kappa shape index (κ3) is 3.86. The van der Waals surface area contributed by atoms with Crippen LogP contribution in [-0.4, -0.2) is 27.2 Å². The zero-order valence-corrected chi connectivity index (χ0v) is 16.8. The highest BCUT2D eigenvalue weighted by molar-refractivity contribution is 6.35. The van der Waals surface area contributed by atoms with E-state index in [-0.39, 0.29) is 11.5 Å². The van der Waals surface area contributed by atoms with Crippen molar-refractivity contribution in [3.05, 3.63) is 81.8 Å². The van der Waals surface area contributed by atoms with Gasteiger partial charge in [0.2, 0.25) is 0 Å². The predicted molar refractivity (Wildman–Crippen MR) is 115 cm³/mol. The van der Waals surface area contributed by atoms with E-state index in [0.29, 0.717) is 26.9 Å². The van der Waals surface area contributed by atoms with E-state index in [1.807, 2.05) is 18.2 Å². The highest BCUT2D eigenvalue weighted by Gasteiger charge is 2.14. The second kappa shape index (κ2) is 8.16. The average molecular weight is 441 g/mol. The summed E-state index contributed by atoms with van der Waals surface area (Å²) in [5.41, 5.74) is 4.47. The molecule has 0 unspecified atom stereocenters. The highest BCUT2D eigenvalue weighted by atomic mass is 35.5. The molecule has 4 aromatic rings. The van der Waals surface area contributed by atoms with Crippen LogP contribution < -0.4 is 10.8 Å². The molecule has 2 amide bonds. The summed E-state index contributed by atoms with van der Waals surface area (Å²) in [6.45, 7) is 0. The third-order valence-electron chi connectivity index (χ3n) is 4.55. The number of benzene rings is 3. The van der Waals surface area contributed by atoms with E-state index in [2.05, 4.69) is 15.5 Å². The molecule has 0 aliphatic carbocycles. The number of hydrogen-bond acceptors (Lipinski definition) is 4. The topological polar surface area (TPSA) is 107 Å². The number of rotatable bonds is 4. The van der Waals surface area contributed by atoms with Crippen LogP contribution in [0.4, 0.5) is 5.82 Å². The first-order valence-electron chi connectivity index (χ1n) is 8.75. The fourth-order valence-corrected chi connectivity index (χ4v) is 3.42. The normalized spacial score (nSPS) is 10.8. The molecular weight excluding hydrogens is 427 g/mol. The number of amides is 2. The molecule has 0 aliphatic rings. The molecule has 0 fully saturated rings. The Balaban J connectivity index is 1.59. The number of hydroxylamine groups is 1. The van der Waals surface area contributed by atoms with Crippen molar-refractivity contribution < 1.29 is 14.8 Å². The molecule has 0 bridgehead atoms. The van der Waals surface area contributed by atoms with E-state index in [0.717, 1.165) is 16.5 Å². The Hall–Kier alpha value is -3.39. The number of carbonyl (C=O) groups is 2. The van der Waals surface area contributed by atoms with Crippen molar-refractivity contribution in [1.82, 2.24) is 15.7 Å². The van der Waals surface area contributed by atoms with E-state index in [4.69, 9.17) is 28.4 Å². The van der Waals surface area contributed by atoms with Crippen LogP contribution in [0.25, 0.3) is 22.0 Å². The van der Waals surface area contributed by atoms with Crippen molar-refractivity contribution >= 4 is 51.7 Å². The number of aromatic nitrogens is 2. The summed E-state index contributed by atoms with van der Waals surface area (Å²) < 4.78 is 0. The molecule has 7 nitrogen and oxygen atoms in total. The third-order valence-corrected chi connectivity index (χ3v) is 5.11. The van der Waals surface area contributed by atoms with E-state index in [1.54, 1.807) is 23.7 Å². The van der Waals surface area contributed by atoms with Crippen LogP contribution in [-0.2, 0) is 0 Å². The number of halogens is 2. The Kier molecular flexibility index (Phi) is 5.41. The summed E-state index contributed by atoms with van der Waals surface area (Å²) in [6.07, 6.45) is 0. The second-order valence-corrected chi connectivity index (χ2v) is 7.27. The first-order chi connectivity index (χ1) is 14.5. The second-order valence-electron chi connectivity index (χ2n) is 6.43. The van der Waals surface area contributed by atoms with Crippen molar-refractivity contribution in [2.45, 2.75) is 0 Å². The first-order valence-corrected chi connectivity index (χ1v) is 9.51. The Morgan fingerprint density at radius 2 is 1.60 bits per heavy atom. The van der Waals surface area contributed by atoms with Crippen LogP contribution in [0.5, 0.6) is 0 Å². The summed E-state index contributed by atoms with van der Waals surface area (Å²) in [4.78, 5) is 23.9. The minimum absolute atomic E-state index is 0.228. The Bertz CT molecular complexity index is 1270. The smallest absolute Gasteiger partial charge is 0.274 e. The van der Waals surface area contributed by atoms with Gasteiger partial charge in [-0.3, -0.25) is 19.9 Å². The zero-order valence-electron chi connectivity index (χ0n) is 15.2. The summed E-state index contributed by atoms with van der Waals surface area (Å²) >= 11 is 12.4. The maximum absolute atomic E-state index is 12.5. The Morgan fingerprint density at radius 3 is 2.30 bits per heavy atom. The van der Waals surface area contributed by atoms with Gasteiger partial charge in [-0.1, -0.05) is 29.3 Å². The van der Waals surface area contributed by atoms with Gasteiger partial charge in [0.1, 0.15) is 0 Å². The van der Waals surface area contributed by atoms with Gasteiger partial charge in [-0.2, -0.15) is 5.10 Å². The van der Waals surface area contributed by atoms with Crippen molar-refractivity contribution in [3.63, 3.8) is 0 Å². The molecule has 0 aliphatic heterocycles. The number of nitrogens with one attached hydrogen (secondary N) is 3. The maximum atomic E-state index is 12.5. The van der Waals surface area contributed by atoms with E-state index >= 15 is 0 Å². The fraction of sp³-hybridized carbons (Fsp3) is 0. The van der Waals surface area contributed by atoms with Crippen LogP contribution in [0.15, 0.2) is 60.7 Å². The lowest BCUT2D eigenvalue weighted by molar-refractivity contribution is 0.0706. The van der Waals surface area contributed by atoms with Gasteiger partial charge in [0.15, 0.2) is 5.82 Å². The van der Waals surface area contributed by atoms with E-state index in [9.17, 15) is 9.59 Å². The Labute approximate surface area is 180 Å². The van der Waals surface area contributed by atoms with Crippen molar-refractivity contribution in [3.8, 4) is 11.1 Å². The molecule has 30 heavy (non-hydrogen) atoms. The molecule has 0 saturated heterocycles. The van der Waals surface area contributed by atoms with Gasteiger partial charge in [-0.15, -0.1) is 0 Å². The molecule has 3 aromatic carbocycles. The number of fused-ring (bicyclic) bond motifs is 1. The summed E-state index contributed by atoms with van der Waals surface area (Å²) in [5, 5.41) is 20.4. The van der Waals surface area contributed by atoms with Crippen LogP contribution >= 0.6 is 23.2 Å². The van der Waals surface area contributed by atoms with Gasteiger partial charge in [0, 0.05) is 32.1 Å². The SMILES string of the molecule is O=C(NO)c1ccc(C(=O)Nc2n[nH]c3cc(-c4cc(Cl)ccc4Cl)ccc23)cc1. The van der Waals surface area contributed by atoms with Crippen LogP contribution in [0.3, 0.4) is 0 Å². The lowest BCUT2D eigenvalue weighted by Gasteiger charge is -2.06. The van der Waals surface area contributed by atoms with Crippen LogP contribution in [0.2, 0.25) is 10.0 Å². The fourth-order valence-electron chi connectivity index (χ4n) is 3.02. The molecule has 0 atom stereocenters.